The number of carbonyl (C=O) groups is 1. The molecular weight excluding hydrogens is 332 g/mol. The highest BCUT2D eigenvalue weighted by Gasteiger charge is 2.36. The van der Waals surface area contributed by atoms with E-state index in [1.807, 2.05) is 20.8 Å². The number of likely N-dealkylation sites (tertiary alicyclic amines) is 1. The van der Waals surface area contributed by atoms with Gasteiger partial charge in [0.05, 0.1) is 13.7 Å². The summed E-state index contributed by atoms with van der Waals surface area (Å²) >= 11 is 0. The monoisotopic (exact) mass is 362 g/mol. The van der Waals surface area contributed by atoms with Gasteiger partial charge in [0, 0.05) is 29.6 Å². The normalized spacial score (nSPS) is 19.7. The van der Waals surface area contributed by atoms with Crippen LogP contribution in [0.15, 0.2) is 6.07 Å². The standard InChI is InChI=1S/C20H30N2O4/c1-19(2,3)26-18(23)22-9-7-13(8-10-22)14-11-15-17(21-16(14)24-6)25-12-20(15,4)5/h11,13H,7-10,12H2,1-6H3. The lowest BCUT2D eigenvalue weighted by atomic mass is 9.83. The van der Waals surface area contributed by atoms with Gasteiger partial charge >= 0.3 is 6.09 Å². The lowest BCUT2D eigenvalue weighted by Crippen LogP contribution is -2.41. The van der Waals surface area contributed by atoms with Crippen LogP contribution in [-0.4, -0.2) is 48.4 Å². The van der Waals surface area contributed by atoms with Crippen LogP contribution in [0.5, 0.6) is 11.8 Å². The first-order valence-corrected chi connectivity index (χ1v) is 9.31. The third kappa shape index (κ3) is 3.74. The Labute approximate surface area is 155 Å². The van der Waals surface area contributed by atoms with Crippen molar-refractivity contribution in [3.8, 4) is 11.8 Å². The average molecular weight is 362 g/mol. The van der Waals surface area contributed by atoms with Gasteiger partial charge in [-0.05, 0) is 45.6 Å². The number of carbonyl (C=O) groups excluding carboxylic acids is 1. The number of fused-ring (bicyclic) bond motifs is 1. The molecule has 1 aromatic rings. The minimum absolute atomic E-state index is 0.0411. The quantitative estimate of drug-likeness (QED) is 0.799. The number of hydrogen-bond donors (Lipinski definition) is 0. The number of piperidine rings is 1. The number of amides is 1. The second-order valence-electron chi connectivity index (χ2n) is 8.85. The molecule has 0 aliphatic carbocycles. The van der Waals surface area contributed by atoms with E-state index in [0.717, 1.165) is 24.0 Å². The Morgan fingerprint density at radius 1 is 1.31 bits per heavy atom. The van der Waals surface area contributed by atoms with Crippen LogP contribution in [0.1, 0.15) is 64.5 Å². The van der Waals surface area contributed by atoms with Crippen molar-refractivity contribution in [2.24, 2.45) is 0 Å². The summed E-state index contributed by atoms with van der Waals surface area (Å²) in [7, 11) is 1.65. The molecule has 1 fully saturated rings. The van der Waals surface area contributed by atoms with Gasteiger partial charge < -0.3 is 19.1 Å². The molecule has 1 saturated heterocycles. The van der Waals surface area contributed by atoms with E-state index in [1.54, 1.807) is 12.0 Å². The van der Waals surface area contributed by atoms with Crippen LogP contribution in [0.4, 0.5) is 4.79 Å². The SMILES string of the molecule is COc1nc2c(cc1C1CCN(C(=O)OC(C)(C)C)CC1)C(C)(C)CO2. The Hall–Kier alpha value is -1.98. The van der Waals surface area contributed by atoms with Gasteiger partial charge in [0.15, 0.2) is 0 Å². The highest BCUT2D eigenvalue weighted by atomic mass is 16.6. The van der Waals surface area contributed by atoms with Crippen molar-refractivity contribution >= 4 is 6.09 Å². The Bertz CT molecular complexity index is 686. The summed E-state index contributed by atoms with van der Waals surface area (Å²) in [5, 5.41) is 0. The van der Waals surface area contributed by atoms with E-state index in [4.69, 9.17) is 14.2 Å². The average Bonchev–Trinajstić information content (AvgIpc) is 2.87. The number of methoxy groups -OCH3 is 1. The van der Waals surface area contributed by atoms with Crippen LogP contribution in [0, 0.1) is 0 Å². The molecule has 0 unspecified atom stereocenters. The molecule has 0 bridgehead atoms. The zero-order valence-electron chi connectivity index (χ0n) is 16.7. The smallest absolute Gasteiger partial charge is 0.410 e. The first-order chi connectivity index (χ1) is 12.1. The summed E-state index contributed by atoms with van der Waals surface area (Å²) in [6.45, 7) is 12.0. The second-order valence-corrected chi connectivity index (χ2v) is 8.85. The summed E-state index contributed by atoms with van der Waals surface area (Å²) in [5.74, 6) is 1.64. The minimum Gasteiger partial charge on any atom is -0.481 e. The number of rotatable bonds is 2. The Balaban J connectivity index is 1.75. The molecule has 2 aliphatic heterocycles. The van der Waals surface area contributed by atoms with Crippen molar-refractivity contribution < 1.29 is 19.0 Å². The zero-order valence-corrected chi connectivity index (χ0v) is 16.7. The highest BCUT2D eigenvalue weighted by Crippen LogP contribution is 2.43. The highest BCUT2D eigenvalue weighted by molar-refractivity contribution is 5.68. The van der Waals surface area contributed by atoms with Gasteiger partial charge in [-0.2, -0.15) is 4.98 Å². The van der Waals surface area contributed by atoms with Crippen LogP contribution in [0.2, 0.25) is 0 Å². The van der Waals surface area contributed by atoms with Crippen LogP contribution in [-0.2, 0) is 10.2 Å². The van der Waals surface area contributed by atoms with Gasteiger partial charge in [0.25, 0.3) is 0 Å². The Morgan fingerprint density at radius 3 is 2.54 bits per heavy atom. The van der Waals surface area contributed by atoms with Crippen LogP contribution in [0.25, 0.3) is 0 Å². The summed E-state index contributed by atoms with van der Waals surface area (Å²) in [5.41, 5.74) is 1.75. The van der Waals surface area contributed by atoms with E-state index in [0.29, 0.717) is 37.4 Å². The molecule has 6 nitrogen and oxygen atoms in total. The summed E-state index contributed by atoms with van der Waals surface area (Å²) in [4.78, 5) is 18.7. The van der Waals surface area contributed by atoms with E-state index >= 15 is 0 Å². The summed E-state index contributed by atoms with van der Waals surface area (Å²) < 4.78 is 16.8. The maximum atomic E-state index is 12.3. The van der Waals surface area contributed by atoms with E-state index in [-0.39, 0.29) is 11.5 Å². The van der Waals surface area contributed by atoms with Crippen molar-refractivity contribution in [2.45, 2.75) is 64.4 Å². The van der Waals surface area contributed by atoms with Gasteiger partial charge in [-0.25, -0.2) is 4.79 Å². The topological polar surface area (TPSA) is 60.9 Å². The molecule has 6 heteroatoms. The van der Waals surface area contributed by atoms with Crippen LogP contribution in [0.3, 0.4) is 0 Å². The van der Waals surface area contributed by atoms with Gasteiger partial charge in [-0.1, -0.05) is 13.8 Å². The lowest BCUT2D eigenvalue weighted by Gasteiger charge is -2.34. The Kier molecular flexibility index (Phi) is 4.80. The molecule has 26 heavy (non-hydrogen) atoms. The molecular formula is C20H30N2O4. The predicted octanol–water partition coefficient (Wildman–Crippen LogP) is 3.87. The number of nitrogens with zero attached hydrogens (tertiary/aromatic N) is 2. The maximum absolute atomic E-state index is 12.3. The lowest BCUT2D eigenvalue weighted by molar-refractivity contribution is 0.0204. The molecule has 2 aliphatic rings. The van der Waals surface area contributed by atoms with Gasteiger partial charge in [-0.3, -0.25) is 0 Å². The van der Waals surface area contributed by atoms with E-state index in [1.165, 1.54) is 0 Å². The van der Waals surface area contributed by atoms with Gasteiger partial charge in [-0.15, -0.1) is 0 Å². The number of aromatic nitrogens is 1. The van der Waals surface area contributed by atoms with Crippen molar-refractivity contribution in [2.75, 3.05) is 26.8 Å². The number of pyridine rings is 1. The molecule has 0 spiro atoms. The van der Waals surface area contributed by atoms with E-state index in [9.17, 15) is 4.79 Å². The second kappa shape index (κ2) is 6.63. The molecule has 1 amide bonds. The Morgan fingerprint density at radius 2 is 1.96 bits per heavy atom. The van der Waals surface area contributed by atoms with Crippen molar-refractivity contribution in [3.63, 3.8) is 0 Å². The molecule has 144 valence electrons. The van der Waals surface area contributed by atoms with Crippen molar-refractivity contribution in [1.82, 2.24) is 9.88 Å². The first kappa shape index (κ1) is 18.8. The van der Waals surface area contributed by atoms with Gasteiger partial charge in [0.1, 0.15) is 5.60 Å². The van der Waals surface area contributed by atoms with Crippen molar-refractivity contribution in [1.29, 1.82) is 0 Å². The van der Waals surface area contributed by atoms with Crippen LogP contribution < -0.4 is 9.47 Å². The first-order valence-electron chi connectivity index (χ1n) is 9.31. The fourth-order valence-corrected chi connectivity index (χ4v) is 3.57. The summed E-state index contributed by atoms with van der Waals surface area (Å²) in [6.07, 6.45) is 1.51. The molecule has 0 aromatic carbocycles. The maximum Gasteiger partial charge on any atom is 0.410 e. The van der Waals surface area contributed by atoms with E-state index in [2.05, 4.69) is 24.9 Å². The number of ether oxygens (including phenoxy) is 3. The van der Waals surface area contributed by atoms with Crippen LogP contribution >= 0.6 is 0 Å². The molecule has 3 rings (SSSR count). The van der Waals surface area contributed by atoms with Gasteiger partial charge in [0.2, 0.25) is 11.8 Å². The third-order valence-electron chi connectivity index (χ3n) is 5.06. The molecule has 0 atom stereocenters. The largest absolute Gasteiger partial charge is 0.481 e. The number of hydrogen-bond acceptors (Lipinski definition) is 5. The molecule has 1 aromatic heterocycles. The fourth-order valence-electron chi connectivity index (χ4n) is 3.57. The molecule has 0 radical (unpaired) electrons. The van der Waals surface area contributed by atoms with E-state index < -0.39 is 5.60 Å². The molecule has 0 N–H and O–H groups in total. The minimum atomic E-state index is -0.466. The predicted molar refractivity (Wildman–Crippen MR) is 99.1 cm³/mol. The van der Waals surface area contributed by atoms with Crippen molar-refractivity contribution in [3.05, 3.63) is 17.2 Å². The fraction of sp³-hybridized carbons (Fsp3) is 0.700. The summed E-state index contributed by atoms with van der Waals surface area (Å²) in [6, 6.07) is 2.20. The molecule has 3 heterocycles. The molecule has 0 saturated carbocycles. The zero-order chi connectivity index (χ0) is 19.1. The third-order valence-corrected chi connectivity index (χ3v) is 5.06.